The Morgan fingerprint density at radius 1 is 1.17 bits per heavy atom. The molecule has 4 rings (SSSR count). The fourth-order valence-electron chi connectivity index (χ4n) is 3.55. The molecular formula is C21H22ClN3O4S. The van der Waals surface area contributed by atoms with Gasteiger partial charge in [0.1, 0.15) is 16.3 Å². The molecule has 1 fully saturated rings. The van der Waals surface area contributed by atoms with Gasteiger partial charge in [-0.1, -0.05) is 11.6 Å². The van der Waals surface area contributed by atoms with Crippen LogP contribution in [0.5, 0.6) is 5.75 Å². The van der Waals surface area contributed by atoms with Crippen LogP contribution in [0.4, 0.5) is 5.69 Å². The van der Waals surface area contributed by atoms with Crippen molar-refractivity contribution in [2.24, 2.45) is 0 Å². The maximum absolute atomic E-state index is 13.1. The second-order valence-corrected chi connectivity index (χ2v) is 9.42. The standard InChI is InChI=1S/C21H22ClN3O4S/c1-2-29-19-8-6-16(13-20(19)30(27,28)25-9-3-4-10-25)23-21(26)18-12-14-11-15(22)5-7-17(14)24-18/h5-8,11-13,24H,2-4,9-10H2,1H3,(H,23,26). The molecule has 1 aliphatic rings. The van der Waals surface area contributed by atoms with Gasteiger partial charge in [0, 0.05) is 34.7 Å². The molecule has 0 spiro atoms. The molecule has 1 amide bonds. The highest BCUT2D eigenvalue weighted by Crippen LogP contribution is 2.32. The Kier molecular flexibility index (Phi) is 5.73. The van der Waals surface area contributed by atoms with E-state index >= 15 is 0 Å². The van der Waals surface area contributed by atoms with Crippen molar-refractivity contribution < 1.29 is 17.9 Å². The molecule has 7 nitrogen and oxygen atoms in total. The van der Waals surface area contributed by atoms with Gasteiger partial charge in [-0.2, -0.15) is 4.31 Å². The van der Waals surface area contributed by atoms with Gasteiger partial charge in [0.15, 0.2) is 0 Å². The molecule has 0 radical (unpaired) electrons. The van der Waals surface area contributed by atoms with Crippen LogP contribution in [0, 0.1) is 0 Å². The highest BCUT2D eigenvalue weighted by Gasteiger charge is 2.30. The highest BCUT2D eigenvalue weighted by molar-refractivity contribution is 7.89. The largest absolute Gasteiger partial charge is 0.492 e. The number of nitrogens with one attached hydrogen (secondary N) is 2. The number of carbonyl (C=O) groups excluding carboxylic acids is 1. The van der Waals surface area contributed by atoms with Crippen molar-refractivity contribution in [3.05, 3.63) is 53.2 Å². The Morgan fingerprint density at radius 2 is 1.93 bits per heavy atom. The summed E-state index contributed by atoms with van der Waals surface area (Å²) in [5, 5.41) is 4.16. The molecule has 0 atom stereocenters. The number of halogens is 1. The SMILES string of the molecule is CCOc1ccc(NC(=O)c2cc3cc(Cl)ccc3[nH]2)cc1S(=O)(=O)N1CCCC1. The summed E-state index contributed by atoms with van der Waals surface area (Å²) >= 11 is 6.00. The van der Waals surface area contributed by atoms with Crippen LogP contribution in [0.1, 0.15) is 30.3 Å². The molecule has 3 aromatic rings. The number of hydrogen-bond donors (Lipinski definition) is 2. The quantitative estimate of drug-likeness (QED) is 0.590. The van der Waals surface area contributed by atoms with Crippen LogP contribution in [0.3, 0.4) is 0 Å². The van der Waals surface area contributed by atoms with Gasteiger partial charge in [-0.3, -0.25) is 4.79 Å². The van der Waals surface area contributed by atoms with E-state index < -0.39 is 10.0 Å². The van der Waals surface area contributed by atoms with E-state index in [0.29, 0.717) is 36.1 Å². The van der Waals surface area contributed by atoms with Crippen LogP contribution in [-0.2, 0) is 10.0 Å². The van der Waals surface area contributed by atoms with Crippen LogP contribution in [0.15, 0.2) is 47.4 Å². The minimum atomic E-state index is -3.71. The lowest BCUT2D eigenvalue weighted by Crippen LogP contribution is -2.28. The van der Waals surface area contributed by atoms with E-state index in [-0.39, 0.29) is 16.6 Å². The van der Waals surface area contributed by atoms with Crippen molar-refractivity contribution in [2.75, 3.05) is 25.0 Å². The van der Waals surface area contributed by atoms with Gasteiger partial charge in [0.05, 0.1) is 6.61 Å². The van der Waals surface area contributed by atoms with E-state index in [4.69, 9.17) is 16.3 Å². The van der Waals surface area contributed by atoms with E-state index in [0.717, 1.165) is 23.7 Å². The zero-order valence-electron chi connectivity index (χ0n) is 16.4. The maximum atomic E-state index is 13.1. The van der Waals surface area contributed by atoms with Crippen molar-refractivity contribution in [3.63, 3.8) is 0 Å². The molecule has 0 unspecified atom stereocenters. The molecule has 9 heteroatoms. The number of carbonyl (C=O) groups is 1. The van der Waals surface area contributed by atoms with Gasteiger partial charge in [-0.05, 0) is 62.2 Å². The Morgan fingerprint density at radius 3 is 2.67 bits per heavy atom. The van der Waals surface area contributed by atoms with Gasteiger partial charge in [0.2, 0.25) is 10.0 Å². The van der Waals surface area contributed by atoms with Crippen LogP contribution in [-0.4, -0.2) is 43.3 Å². The molecule has 2 N–H and O–H groups in total. The number of anilines is 1. The minimum Gasteiger partial charge on any atom is -0.492 e. The fraction of sp³-hybridized carbons (Fsp3) is 0.286. The van der Waals surface area contributed by atoms with Crippen LogP contribution >= 0.6 is 11.6 Å². The van der Waals surface area contributed by atoms with Crippen molar-refractivity contribution >= 4 is 44.1 Å². The third-order valence-corrected chi connectivity index (χ3v) is 7.17. The second kappa shape index (κ2) is 8.29. The van der Waals surface area contributed by atoms with E-state index in [1.807, 2.05) is 0 Å². The number of sulfonamides is 1. The molecule has 2 heterocycles. The Labute approximate surface area is 180 Å². The van der Waals surface area contributed by atoms with E-state index in [9.17, 15) is 13.2 Å². The van der Waals surface area contributed by atoms with Crippen molar-refractivity contribution in [2.45, 2.75) is 24.7 Å². The predicted molar refractivity (Wildman–Crippen MR) is 117 cm³/mol. The summed E-state index contributed by atoms with van der Waals surface area (Å²) in [5.41, 5.74) is 1.51. The lowest BCUT2D eigenvalue weighted by molar-refractivity contribution is 0.102. The number of aromatic nitrogens is 1. The Balaban J connectivity index is 1.64. The summed E-state index contributed by atoms with van der Waals surface area (Å²) in [6.45, 7) is 3.11. The summed E-state index contributed by atoms with van der Waals surface area (Å²) < 4.78 is 33.2. The number of aromatic amines is 1. The fourth-order valence-corrected chi connectivity index (χ4v) is 5.41. The second-order valence-electron chi connectivity index (χ2n) is 7.07. The number of nitrogens with zero attached hydrogens (tertiary/aromatic N) is 1. The number of rotatable bonds is 6. The number of ether oxygens (including phenoxy) is 1. The van der Waals surface area contributed by atoms with Gasteiger partial charge in [-0.15, -0.1) is 0 Å². The maximum Gasteiger partial charge on any atom is 0.272 e. The number of H-pyrrole nitrogens is 1. The first kappa shape index (κ1) is 20.7. The monoisotopic (exact) mass is 447 g/mol. The zero-order chi connectivity index (χ0) is 21.3. The summed E-state index contributed by atoms with van der Waals surface area (Å²) in [6, 6.07) is 11.7. The zero-order valence-corrected chi connectivity index (χ0v) is 18.0. The van der Waals surface area contributed by atoms with Gasteiger partial charge < -0.3 is 15.0 Å². The third-order valence-electron chi connectivity index (χ3n) is 5.01. The summed E-state index contributed by atoms with van der Waals surface area (Å²) in [6.07, 6.45) is 1.67. The molecule has 2 aromatic carbocycles. The topological polar surface area (TPSA) is 91.5 Å². The third kappa shape index (κ3) is 4.03. The molecule has 1 aromatic heterocycles. The summed E-state index contributed by atoms with van der Waals surface area (Å²) in [7, 11) is -3.71. The van der Waals surface area contributed by atoms with E-state index in [2.05, 4.69) is 10.3 Å². The Bertz CT molecular complexity index is 1200. The van der Waals surface area contributed by atoms with Gasteiger partial charge in [0.25, 0.3) is 5.91 Å². The van der Waals surface area contributed by atoms with E-state index in [1.54, 1.807) is 43.3 Å². The smallest absolute Gasteiger partial charge is 0.272 e. The van der Waals surface area contributed by atoms with Gasteiger partial charge >= 0.3 is 0 Å². The molecule has 1 saturated heterocycles. The molecule has 1 aliphatic heterocycles. The molecule has 0 saturated carbocycles. The highest BCUT2D eigenvalue weighted by atomic mass is 35.5. The average molecular weight is 448 g/mol. The lowest BCUT2D eigenvalue weighted by Gasteiger charge is -2.19. The molecule has 158 valence electrons. The van der Waals surface area contributed by atoms with Crippen LogP contribution in [0.2, 0.25) is 5.02 Å². The Hall–Kier alpha value is -2.55. The average Bonchev–Trinajstić information content (AvgIpc) is 3.39. The van der Waals surface area contributed by atoms with Crippen molar-refractivity contribution in [3.8, 4) is 5.75 Å². The molecular weight excluding hydrogens is 426 g/mol. The lowest BCUT2D eigenvalue weighted by atomic mass is 10.2. The van der Waals surface area contributed by atoms with Crippen LogP contribution in [0.25, 0.3) is 10.9 Å². The normalized spacial score (nSPS) is 14.9. The number of fused-ring (bicyclic) bond motifs is 1. The summed E-state index contributed by atoms with van der Waals surface area (Å²) in [4.78, 5) is 15.8. The minimum absolute atomic E-state index is 0.0625. The molecule has 0 aliphatic carbocycles. The van der Waals surface area contributed by atoms with Crippen molar-refractivity contribution in [1.82, 2.24) is 9.29 Å². The van der Waals surface area contributed by atoms with E-state index in [1.165, 1.54) is 10.4 Å². The first-order valence-corrected chi connectivity index (χ1v) is 11.6. The van der Waals surface area contributed by atoms with Gasteiger partial charge in [-0.25, -0.2) is 8.42 Å². The predicted octanol–water partition coefficient (Wildman–Crippen LogP) is 4.26. The van der Waals surface area contributed by atoms with Crippen molar-refractivity contribution in [1.29, 1.82) is 0 Å². The number of hydrogen-bond acceptors (Lipinski definition) is 4. The molecule has 0 bridgehead atoms. The first-order chi connectivity index (χ1) is 14.4. The molecule has 30 heavy (non-hydrogen) atoms. The van der Waals surface area contributed by atoms with Crippen LogP contribution < -0.4 is 10.1 Å². The number of benzene rings is 2. The summed E-state index contributed by atoms with van der Waals surface area (Å²) in [5.74, 6) is -0.0985. The first-order valence-electron chi connectivity index (χ1n) is 9.75. The number of amides is 1.